The Hall–Kier alpha value is -1.72. The minimum Gasteiger partial charge on any atom is -0.311 e. The molecule has 0 spiro atoms. The number of fused-ring (bicyclic) bond motifs is 1. The Morgan fingerprint density at radius 2 is 2.20 bits per heavy atom. The van der Waals surface area contributed by atoms with E-state index in [1.165, 1.54) is 10.6 Å². The summed E-state index contributed by atoms with van der Waals surface area (Å²) in [5, 5.41) is 3.48. The predicted octanol–water partition coefficient (Wildman–Crippen LogP) is 2.74. The molecular weight excluding hydrogens is 268 g/mol. The molecule has 0 atom stereocenters. The molecular formula is C15H18N4S. The minimum atomic E-state index is 0.843. The fourth-order valence-electron chi connectivity index (χ4n) is 2.29. The van der Waals surface area contributed by atoms with Gasteiger partial charge in [-0.2, -0.15) is 0 Å². The van der Waals surface area contributed by atoms with Crippen LogP contribution in [0, 0.1) is 13.8 Å². The lowest BCUT2D eigenvalue weighted by Crippen LogP contribution is -2.18. The molecule has 4 nitrogen and oxygen atoms in total. The van der Waals surface area contributed by atoms with Crippen LogP contribution in [-0.2, 0) is 13.0 Å². The number of aryl methyl sites for hydroxylation is 2. The number of hydrogen-bond acceptors (Lipinski definition) is 4. The molecule has 1 N–H and O–H groups in total. The number of hydrogen-bond donors (Lipinski definition) is 1. The maximum Gasteiger partial charge on any atom is 0.194 e. The highest BCUT2D eigenvalue weighted by atomic mass is 32.1. The summed E-state index contributed by atoms with van der Waals surface area (Å²) in [7, 11) is 0. The van der Waals surface area contributed by atoms with Crippen molar-refractivity contribution in [3.8, 4) is 0 Å². The summed E-state index contributed by atoms with van der Waals surface area (Å²) in [5.74, 6) is 0. The lowest BCUT2D eigenvalue weighted by Gasteiger charge is -2.05. The van der Waals surface area contributed by atoms with Gasteiger partial charge in [-0.3, -0.25) is 9.38 Å². The Labute approximate surface area is 122 Å². The molecule has 20 heavy (non-hydrogen) atoms. The van der Waals surface area contributed by atoms with Crippen molar-refractivity contribution in [2.45, 2.75) is 26.8 Å². The summed E-state index contributed by atoms with van der Waals surface area (Å²) in [6.07, 6.45) is 4.95. The number of nitrogens with one attached hydrogen (secondary N) is 1. The third-order valence-corrected chi connectivity index (χ3v) is 4.22. The van der Waals surface area contributed by atoms with Crippen molar-refractivity contribution in [2.75, 3.05) is 6.54 Å². The molecule has 3 aromatic rings. The van der Waals surface area contributed by atoms with Crippen molar-refractivity contribution in [3.05, 3.63) is 52.6 Å². The molecule has 3 heterocycles. The molecule has 0 aromatic carbocycles. The first-order valence-corrected chi connectivity index (χ1v) is 7.60. The maximum atomic E-state index is 4.60. The van der Waals surface area contributed by atoms with Gasteiger partial charge in [0.1, 0.15) is 0 Å². The van der Waals surface area contributed by atoms with E-state index >= 15 is 0 Å². The average molecular weight is 286 g/mol. The zero-order valence-corrected chi connectivity index (χ0v) is 12.6. The third kappa shape index (κ3) is 2.73. The molecule has 0 amide bonds. The number of thiazole rings is 1. The van der Waals surface area contributed by atoms with Crippen molar-refractivity contribution >= 4 is 16.3 Å². The highest BCUT2D eigenvalue weighted by molar-refractivity contribution is 7.17. The summed E-state index contributed by atoms with van der Waals surface area (Å²) in [6.45, 7) is 5.96. The van der Waals surface area contributed by atoms with Gasteiger partial charge < -0.3 is 5.32 Å². The van der Waals surface area contributed by atoms with Crippen LogP contribution in [0.1, 0.15) is 22.0 Å². The van der Waals surface area contributed by atoms with Gasteiger partial charge in [-0.1, -0.05) is 6.07 Å². The van der Waals surface area contributed by atoms with E-state index in [-0.39, 0.29) is 0 Å². The van der Waals surface area contributed by atoms with Gasteiger partial charge in [0.25, 0.3) is 0 Å². The molecule has 5 heteroatoms. The first kappa shape index (κ1) is 13.3. The molecule has 0 saturated carbocycles. The lowest BCUT2D eigenvalue weighted by molar-refractivity contribution is 0.662. The Morgan fingerprint density at radius 1 is 1.30 bits per heavy atom. The molecule has 104 valence electrons. The van der Waals surface area contributed by atoms with Crippen LogP contribution in [0.15, 0.2) is 30.6 Å². The Kier molecular flexibility index (Phi) is 3.80. The first-order valence-electron chi connectivity index (χ1n) is 6.78. The van der Waals surface area contributed by atoms with Crippen molar-refractivity contribution in [1.29, 1.82) is 0 Å². The Bertz CT molecular complexity index is 699. The van der Waals surface area contributed by atoms with Gasteiger partial charge in [0.15, 0.2) is 4.96 Å². The minimum absolute atomic E-state index is 0.843. The standard InChI is InChI=1S/C15H18N4S/c1-11-10-19-14(12(2)18-15(19)20-11)9-16-8-6-13-5-3-4-7-17-13/h3-5,7,10,16H,6,8-9H2,1-2H3. The quantitative estimate of drug-likeness (QED) is 0.733. The largest absolute Gasteiger partial charge is 0.311 e. The molecule has 3 aromatic heterocycles. The van der Waals surface area contributed by atoms with Crippen molar-refractivity contribution in [3.63, 3.8) is 0 Å². The highest BCUT2D eigenvalue weighted by Crippen LogP contribution is 2.20. The molecule has 0 saturated heterocycles. The van der Waals surface area contributed by atoms with Gasteiger partial charge in [-0.05, 0) is 26.0 Å². The number of nitrogens with zero attached hydrogens (tertiary/aromatic N) is 3. The molecule has 3 rings (SSSR count). The van der Waals surface area contributed by atoms with E-state index in [1.807, 2.05) is 18.3 Å². The summed E-state index contributed by atoms with van der Waals surface area (Å²) in [5.41, 5.74) is 3.49. The van der Waals surface area contributed by atoms with Crippen molar-refractivity contribution in [1.82, 2.24) is 19.7 Å². The van der Waals surface area contributed by atoms with Crippen LogP contribution in [0.2, 0.25) is 0 Å². The van der Waals surface area contributed by atoms with Crippen molar-refractivity contribution < 1.29 is 0 Å². The topological polar surface area (TPSA) is 42.2 Å². The van der Waals surface area contributed by atoms with E-state index in [9.17, 15) is 0 Å². The van der Waals surface area contributed by atoms with E-state index in [2.05, 4.69) is 45.8 Å². The third-order valence-electron chi connectivity index (χ3n) is 3.32. The van der Waals surface area contributed by atoms with Crippen LogP contribution in [0.5, 0.6) is 0 Å². The second kappa shape index (κ2) is 5.73. The summed E-state index contributed by atoms with van der Waals surface area (Å²) in [6, 6.07) is 6.04. The highest BCUT2D eigenvalue weighted by Gasteiger charge is 2.10. The van der Waals surface area contributed by atoms with Gasteiger partial charge in [0.2, 0.25) is 0 Å². The molecule has 0 aliphatic carbocycles. The lowest BCUT2D eigenvalue weighted by atomic mass is 10.2. The molecule has 0 radical (unpaired) electrons. The van der Waals surface area contributed by atoms with E-state index in [4.69, 9.17) is 0 Å². The normalized spacial score (nSPS) is 11.3. The second-order valence-electron chi connectivity index (χ2n) is 4.89. The molecule has 0 aliphatic rings. The zero-order chi connectivity index (χ0) is 13.9. The monoisotopic (exact) mass is 286 g/mol. The van der Waals surface area contributed by atoms with Crippen LogP contribution < -0.4 is 5.32 Å². The van der Waals surface area contributed by atoms with Crippen molar-refractivity contribution in [2.24, 2.45) is 0 Å². The van der Waals surface area contributed by atoms with Crippen LogP contribution in [0.3, 0.4) is 0 Å². The SMILES string of the molecule is Cc1cn2c(CNCCc3ccccn3)c(C)nc2s1. The Morgan fingerprint density at radius 3 is 3.00 bits per heavy atom. The number of imidazole rings is 1. The van der Waals surface area contributed by atoms with Crippen LogP contribution in [0.4, 0.5) is 0 Å². The van der Waals surface area contributed by atoms with Crippen LogP contribution >= 0.6 is 11.3 Å². The predicted molar refractivity (Wildman–Crippen MR) is 82.2 cm³/mol. The Balaban J connectivity index is 1.61. The van der Waals surface area contributed by atoms with E-state index in [0.29, 0.717) is 0 Å². The van der Waals surface area contributed by atoms with Gasteiger partial charge in [-0.25, -0.2) is 4.98 Å². The summed E-state index contributed by atoms with van der Waals surface area (Å²) < 4.78 is 2.20. The number of rotatable bonds is 5. The fraction of sp³-hybridized carbons (Fsp3) is 0.333. The summed E-state index contributed by atoms with van der Waals surface area (Å²) in [4.78, 5) is 11.3. The van der Waals surface area contributed by atoms with Gasteiger partial charge >= 0.3 is 0 Å². The molecule has 0 aliphatic heterocycles. The van der Waals surface area contributed by atoms with Gasteiger partial charge in [0, 0.05) is 42.5 Å². The van der Waals surface area contributed by atoms with E-state index in [0.717, 1.165) is 35.9 Å². The van der Waals surface area contributed by atoms with Gasteiger partial charge in [-0.15, -0.1) is 11.3 Å². The van der Waals surface area contributed by atoms with Crippen LogP contribution in [0.25, 0.3) is 4.96 Å². The first-order chi connectivity index (χ1) is 9.74. The molecule has 0 bridgehead atoms. The second-order valence-corrected chi connectivity index (χ2v) is 6.10. The maximum absolute atomic E-state index is 4.60. The van der Waals surface area contributed by atoms with Crippen LogP contribution in [-0.4, -0.2) is 20.9 Å². The summed E-state index contributed by atoms with van der Waals surface area (Å²) >= 11 is 1.74. The van der Waals surface area contributed by atoms with Gasteiger partial charge in [0.05, 0.1) is 11.4 Å². The van der Waals surface area contributed by atoms with E-state index in [1.54, 1.807) is 11.3 Å². The fourth-order valence-corrected chi connectivity index (χ4v) is 3.18. The van der Waals surface area contributed by atoms with E-state index < -0.39 is 0 Å². The molecule has 0 fully saturated rings. The smallest absolute Gasteiger partial charge is 0.194 e. The zero-order valence-electron chi connectivity index (χ0n) is 11.8. The average Bonchev–Trinajstić information content (AvgIpc) is 2.92. The molecule has 0 unspecified atom stereocenters. The number of pyridine rings is 1. The number of aromatic nitrogens is 3.